The minimum Gasteiger partial charge on any atom is -0.481 e. The molecule has 2 atom stereocenters. The van der Waals surface area contributed by atoms with Gasteiger partial charge in [-0.1, -0.05) is 6.92 Å². The third-order valence-corrected chi connectivity index (χ3v) is 6.12. The van der Waals surface area contributed by atoms with E-state index in [-0.39, 0.29) is 17.7 Å². The fourth-order valence-electron chi connectivity index (χ4n) is 3.39. The van der Waals surface area contributed by atoms with E-state index in [1.54, 1.807) is 16.2 Å². The van der Waals surface area contributed by atoms with Gasteiger partial charge in [-0.25, -0.2) is 0 Å². The van der Waals surface area contributed by atoms with Crippen LogP contribution in [0.4, 0.5) is 0 Å². The predicted molar refractivity (Wildman–Crippen MR) is 81.7 cm³/mol. The van der Waals surface area contributed by atoms with Crippen LogP contribution in [0.3, 0.4) is 0 Å². The van der Waals surface area contributed by atoms with Crippen molar-refractivity contribution in [2.75, 3.05) is 13.1 Å². The van der Waals surface area contributed by atoms with Gasteiger partial charge in [0.05, 0.1) is 10.8 Å². The monoisotopic (exact) mass is 307 g/mol. The fourth-order valence-corrected chi connectivity index (χ4v) is 4.47. The van der Waals surface area contributed by atoms with Crippen molar-refractivity contribution >= 4 is 23.2 Å². The highest BCUT2D eigenvalue weighted by Gasteiger charge is 2.47. The Morgan fingerprint density at radius 2 is 2.10 bits per heavy atom. The number of aliphatic carboxylic acids is 1. The van der Waals surface area contributed by atoms with Crippen LogP contribution >= 0.6 is 11.3 Å². The summed E-state index contributed by atoms with van der Waals surface area (Å²) in [6.07, 6.45) is 3.18. The molecule has 21 heavy (non-hydrogen) atoms. The fraction of sp³-hybridized carbons (Fsp3) is 0.625. The van der Waals surface area contributed by atoms with Crippen molar-refractivity contribution in [3.8, 4) is 0 Å². The molecule has 1 amide bonds. The standard InChI is InChI=1S/C16H21NO3S/c1-3-13-9(2)6-14(21-13)15(18)17-7-11(10-4-5-10)12(8-17)16(19)20/h6,10-12H,3-5,7-8H2,1-2H3,(H,19,20)/t11-,12+/m1/s1. The number of carbonyl (C=O) groups excluding carboxylic acids is 1. The Kier molecular flexibility index (Phi) is 3.78. The minimum absolute atomic E-state index is 0.0113. The molecule has 4 nitrogen and oxygen atoms in total. The summed E-state index contributed by atoms with van der Waals surface area (Å²) in [5, 5.41) is 9.38. The summed E-state index contributed by atoms with van der Waals surface area (Å²) in [5.74, 6) is -0.456. The lowest BCUT2D eigenvalue weighted by molar-refractivity contribution is -0.142. The smallest absolute Gasteiger partial charge is 0.308 e. The molecule has 1 aromatic heterocycles. The van der Waals surface area contributed by atoms with Gasteiger partial charge in [-0.3, -0.25) is 9.59 Å². The van der Waals surface area contributed by atoms with E-state index in [2.05, 4.69) is 6.92 Å². The first-order chi connectivity index (χ1) is 10.0. The summed E-state index contributed by atoms with van der Waals surface area (Å²) in [6, 6.07) is 1.95. The summed E-state index contributed by atoms with van der Waals surface area (Å²) in [5.41, 5.74) is 1.17. The Morgan fingerprint density at radius 1 is 1.38 bits per heavy atom. The summed E-state index contributed by atoms with van der Waals surface area (Å²) in [4.78, 5) is 27.8. The number of hydrogen-bond acceptors (Lipinski definition) is 3. The number of nitrogens with zero attached hydrogens (tertiary/aromatic N) is 1. The first kappa shape index (κ1) is 14.6. The van der Waals surface area contributed by atoms with E-state index in [4.69, 9.17) is 0 Å². The highest BCUT2D eigenvalue weighted by molar-refractivity contribution is 7.14. The number of amides is 1. The average Bonchev–Trinajstić information content (AvgIpc) is 3.08. The second kappa shape index (κ2) is 5.44. The number of hydrogen-bond donors (Lipinski definition) is 1. The number of rotatable bonds is 4. The first-order valence-electron chi connectivity index (χ1n) is 7.62. The van der Waals surface area contributed by atoms with E-state index in [1.807, 2.05) is 13.0 Å². The normalized spacial score (nSPS) is 25.3. The van der Waals surface area contributed by atoms with Crippen LogP contribution in [0.15, 0.2) is 6.07 Å². The third-order valence-electron chi connectivity index (χ3n) is 4.75. The van der Waals surface area contributed by atoms with E-state index < -0.39 is 5.97 Å². The number of likely N-dealkylation sites (tertiary alicyclic amines) is 1. The van der Waals surface area contributed by atoms with Crippen LogP contribution in [0.5, 0.6) is 0 Å². The van der Waals surface area contributed by atoms with Crippen molar-refractivity contribution in [3.05, 3.63) is 21.4 Å². The first-order valence-corrected chi connectivity index (χ1v) is 8.44. The number of carboxylic acid groups (broad SMARTS) is 1. The van der Waals surface area contributed by atoms with Gasteiger partial charge in [0, 0.05) is 18.0 Å². The lowest BCUT2D eigenvalue weighted by Crippen LogP contribution is -2.29. The number of carboxylic acids is 1. The van der Waals surface area contributed by atoms with Gasteiger partial charge in [-0.2, -0.15) is 0 Å². The topological polar surface area (TPSA) is 57.6 Å². The summed E-state index contributed by atoms with van der Waals surface area (Å²) in [6.45, 7) is 5.10. The van der Waals surface area contributed by atoms with E-state index in [0.717, 1.165) is 24.1 Å². The van der Waals surface area contributed by atoms with Crippen molar-refractivity contribution in [2.45, 2.75) is 33.1 Å². The van der Waals surface area contributed by atoms with Gasteiger partial charge in [0.1, 0.15) is 0 Å². The molecule has 1 saturated heterocycles. The number of aryl methyl sites for hydroxylation is 2. The van der Waals surface area contributed by atoms with Crippen LogP contribution in [0.25, 0.3) is 0 Å². The maximum absolute atomic E-state index is 12.6. The van der Waals surface area contributed by atoms with E-state index in [1.165, 1.54) is 10.4 Å². The molecule has 1 aliphatic carbocycles. The van der Waals surface area contributed by atoms with Gasteiger partial charge in [-0.15, -0.1) is 11.3 Å². The molecule has 2 fully saturated rings. The van der Waals surface area contributed by atoms with E-state index >= 15 is 0 Å². The highest BCUT2D eigenvalue weighted by Crippen LogP contribution is 2.44. The van der Waals surface area contributed by atoms with E-state index in [0.29, 0.717) is 19.0 Å². The van der Waals surface area contributed by atoms with Gasteiger partial charge in [0.25, 0.3) is 5.91 Å². The zero-order chi connectivity index (χ0) is 15.1. The third kappa shape index (κ3) is 2.71. The van der Waals surface area contributed by atoms with Gasteiger partial charge in [-0.05, 0) is 49.7 Å². The molecule has 114 valence electrons. The van der Waals surface area contributed by atoms with Crippen molar-refractivity contribution in [1.29, 1.82) is 0 Å². The van der Waals surface area contributed by atoms with Crippen LogP contribution in [0.1, 0.15) is 39.9 Å². The highest BCUT2D eigenvalue weighted by atomic mass is 32.1. The van der Waals surface area contributed by atoms with Gasteiger partial charge >= 0.3 is 5.97 Å². The Morgan fingerprint density at radius 3 is 2.62 bits per heavy atom. The molecule has 0 bridgehead atoms. The van der Waals surface area contributed by atoms with Gasteiger partial charge in [0.2, 0.25) is 0 Å². The molecule has 0 unspecified atom stereocenters. The second-order valence-electron chi connectivity index (χ2n) is 6.23. The summed E-state index contributed by atoms with van der Waals surface area (Å²) < 4.78 is 0. The van der Waals surface area contributed by atoms with Crippen molar-refractivity contribution in [3.63, 3.8) is 0 Å². The van der Waals surface area contributed by atoms with Crippen LogP contribution in [-0.2, 0) is 11.2 Å². The molecule has 3 rings (SSSR count). The molecule has 2 aliphatic rings. The van der Waals surface area contributed by atoms with Crippen molar-refractivity contribution in [2.24, 2.45) is 17.8 Å². The zero-order valence-electron chi connectivity index (χ0n) is 12.5. The van der Waals surface area contributed by atoms with Crippen LogP contribution in [0.2, 0.25) is 0 Å². The average molecular weight is 307 g/mol. The Labute approximate surface area is 128 Å². The zero-order valence-corrected chi connectivity index (χ0v) is 13.3. The second-order valence-corrected chi connectivity index (χ2v) is 7.36. The molecule has 2 heterocycles. The van der Waals surface area contributed by atoms with Gasteiger partial charge < -0.3 is 10.0 Å². The molecule has 5 heteroatoms. The molecule has 0 radical (unpaired) electrons. The van der Waals surface area contributed by atoms with Crippen molar-refractivity contribution < 1.29 is 14.7 Å². The molecular weight excluding hydrogens is 286 g/mol. The molecule has 0 spiro atoms. The molecule has 1 aromatic rings. The van der Waals surface area contributed by atoms with Crippen LogP contribution in [-0.4, -0.2) is 35.0 Å². The maximum Gasteiger partial charge on any atom is 0.308 e. The van der Waals surface area contributed by atoms with Crippen molar-refractivity contribution in [1.82, 2.24) is 4.90 Å². The maximum atomic E-state index is 12.6. The van der Waals surface area contributed by atoms with E-state index in [9.17, 15) is 14.7 Å². The molecule has 0 aromatic carbocycles. The largest absolute Gasteiger partial charge is 0.481 e. The number of thiophene rings is 1. The molecule has 1 N–H and O–H groups in total. The Bertz CT molecular complexity index is 576. The minimum atomic E-state index is -0.751. The SMILES string of the molecule is CCc1sc(C(=O)N2C[C@H](C(=O)O)[C@@H](C3CC3)C2)cc1C. The van der Waals surface area contributed by atoms with Crippen LogP contribution in [0, 0.1) is 24.7 Å². The quantitative estimate of drug-likeness (QED) is 0.930. The number of carbonyl (C=O) groups is 2. The lowest BCUT2D eigenvalue weighted by Gasteiger charge is -2.15. The summed E-state index contributed by atoms with van der Waals surface area (Å²) >= 11 is 1.55. The predicted octanol–water partition coefficient (Wildman–Crippen LogP) is 2.80. The Balaban J connectivity index is 1.77. The Hall–Kier alpha value is -1.36. The summed E-state index contributed by atoms with van der Waals surface area (Å²) in [7, 11) is 0. The lowest BCUT2D eigenvalue weighted by atomic mass is 9.92. The van der Waals surface area contributed by atoms with Gasteiger partial charge in [0.15, 0.2) is 0 Å². The molecule has 1 saturated carbocycles. The molecule has 1 aliphatic heterocycles. The van der Waals surface area contributed by atoms with Crippen LogP contribution < -0.4 is 0 Å². The molecular formula is C16H21NO3S.